The Bertz CT molecular complexity index is 380. The lowest BCUT2D eigenvalue weighted by Crippen LogP contribution is -2.23. The van der Waals surface area contributed by atoms with Crippen molar-refractivity contribution in [3.8, 4) is 0 Å². The Morgan fingerprint density at radius 2 is 1.94 bits per heavy atom. The topological polar surface area (TPSA) is 49.6 Å². The van der Waals surface area contributed by atoms with Gasteiger partial charge in [-0.3, -0.25) is 10.1 Å². The van der Waals surface area contributed by atoms with Crippen LogP contribution in [-0.4, -0.2) is 44.1 Å². The van der Waals surface area contributed by atoms with Crippen LogP contribution >= 0.6 is 0 Å². The fourth-order valence-corrected chi connectivity index (χ4v) is 1.60. The minimum absolute atomic E-state index is 0.141. The molecule has 0 spiro atoms. The molecule has 0 saturated heterocycles. The van der Waals surface area contributed by atoms with Crippen molar-refractivity contribution in [1.29, 1.82) is 0 Å². The van der Waals surface area contributed by atoms with Crippen LogP contribution in [0.5, 0.6) is 0 Å². The second-order valence-electron chi connectivity index (χ2n) is 4.36. The minimum Gasteiger partial charge on any atom is -0.374 e. The molecule has 0 radical (unpaired) electrons. The number of anilines is 1. The standard InChI is InChI=1S/C12H19N3O2/c1-13(2)8-5-9-14(3)11-6-4-7-12(10-11)15(16)17/h4,6-7,10H,5,8-9H2,1-3H3. The maximum absolute atomic E-state index is 10.7. The molecule has 0 atom stereocenters. The molecule has 0 aromatic heterocycles. The zero-order chi connectivity index (χ0) is 12.8. The maximum atomic E-state index is 10.7. The second-order valence-corrected chi connectivity index (χ2v) is 4.36. The number of nitro benzene ring substituents is 1. The molecule has 17 heavy (non-hydrogen) atoms. The number of hydrogen-bond donors (Lipinski definition) is 0. The van der Waals surface area contributed by atoms with Crippen molar-refractivity contribution in [3.05, 3.63) is 34.4 Å². The van der Waals surface area contributed by atoms with Crippen LogP contribution in [-0.2, 0) is 0 Å². The average Bonchev–Trinajstić information content (AvgIpc) is 2.28. The van der Waals surface area contributed by atoms with Gasteiger partial charge in [-0.25, -0.2) is 0 Å². The molecule has 1 aromatic rings. The summed E-state index contributed by atoms with van der Waals surface area (Å²) in [4.78, 5) is 14.5. The molecular formula is C12H19N3O2. The van der Waals surface area contributed by atoms with E-state index in [1.807, 2.05) is 32.1 Å². The number of nitro groups is 1. The zero-order valence-electron chi connectivity index (χ0n) is 10.6. The number of non-ortho nitro benzene ring substituents is 1. The van der Waals surface area contributed by atoms with Gasteiger partial charge in [0, 0.05) is 31.4 Å². The van der Waals surface area contributed by atoms with Gasteiger partial charge in [0.2, 0.25) is 0 Å². The van der Waals surface area contributed by atoms with Gasteiger partial charge in [-0.2, -0.15) is 0 Å². The molecule has 0 aliphatic rings. The first-order valence-corrected chi connectivity index (χ1v) is 5.61. The van der Waals surface area contributed by atoms with Crippen LogP contribution in [0, 0.1) is 10.1 Å². The van der Waals surface area contributed by atoms with Crippen LogP contribution in [0.1, 0.15) is 6.42 Å². The summed E-state index contributed by atoms with van der Waals surface area (Å²) in [6.45, 7) is 1.90. The summed E-state index contributed by atoms with van der Waals surface area (Å²) in [5.41, 5.74) is 1.03. The van der Waals surface area contributed by atoms with Crippen LogP contribution in [0.2, 0.25) is 0 Å². The molecule has 94 valence electrons. The van der Waals surface area contributed by atoms with Crippen LogP contribution in [0.3, 0.4) is 0 Å². The van der Waals surface area contributed by atoms with E-state index in [0.717, 1.165) is 25.2 Å². The zero-order valence-corrected chi connectivity index (χ0v) is 10.6. The van der Waals surface area contributed by atoms with E-state index in [9.17, 15) is 10.1 Å². The molecule has 0 aliphatic carbocycles. The first-order chi connectivity index (χ1) is 8.00. The van der Waals surface area contributed by atoms with Crippen molar-refractivity contribution in [2.75, 3.05) is 39.1 Å². The van der Waals surface area contributed by atoms with E-state index in [2.05, 4.69) is 4.90 Å². The number of hydrogen-bond acceptors (Lipinski definition) is 4. The predicted molar refractivity (Wildman–Crippen MR) is 69.5 cm³/mol. The fraction of sp³-hybridized carbons (Fsp3) is 0.500. The largest absolute Gasteiger partial charge is 0.374 e. The minimum atomic E-state index is -0.364. The molecule has 0 amide bonds. The molecular weight excluding hydrogens is 218 g/mol. The van der Waals surface area contributed by atoms with Gasteiger partial charge in [0.05, 0.1) is 4.92 Å². The quantitative estimate of drug-likeness (QED) is 0.560. The SMILES string of the molecule is CN(C)CCCN(C)c1cccc([N+](=O)[O-])c1. The number of rotatable bonds is 6. The summed E-state index contributed by atoms with van der Waals surface area (Å²) in [5.74, 6) is 0. The van der Waals surface area contributed by atoms with Crippen molar-refractivity contribution >= 4 is 11.4 Å². The molecule has 0 bridgehead atoms. The van der Waals surface area contributed by atoms with Crippen molar-refractivity contribution < 1.29 is 4.92 Å². The molecule has 1 aromatic carbocycles. The van der Waals surface area contributed by atoms with E-state index in [1.165, 1.54) is 6.07 Å². The lowest BCUT2D eigenvalue weighted by Gasteiger charge is -2.20. The summed E-state index contributed by atoms with van der Waals surface area (Å²) in [6.07, 6.45) is 1.03. The lowest BCUT2D eigenvalue weighted by molar-refractivity contribution is -0.384. The molecule has 0 unspecified atom stereocenters. The highest BCUT2D eigenvalue weighted by Gasteiger charge is 2.08. The molecule has 5 heteroatoms. The third-order valence-electron chi connectivity index (χ3n) is 2.58. The molecule has 5 nitrogen and oxygen atoms in total. The van der Waals surface area contributed by atoms with Crippen LogP contribution in [0.25, 0.3) is 0 Å². The molecule has 0 aliphatic heterocycles. The number of benzene rings is 1. The average molecular weight is 237 g/mol. The summed E-state index contributed by atoms with van der Waals surface area (Å²) in [7, 11) is 6.02. The van der Waals surface area contributed by atoms with Gasteiger partial charge < -0.3 is 9.80 Å². The molecule has 0 N–H and O–H groups in total. The van der Waals surface area contributed by atoms with Gasteiger partial charge >= 0.3 is 0 Å². The van der Waals surface area contributed by atoms with E-state index in [4.69, 9.17) is 0 Å². The van der Waals surface area contributed by atoms with Gasteiger partial charge in [0.25, 0.3) is 5.69 Å². The van der Waals surface area contributed by atoms with Gasteiger partial charge in [0.15, 0.2) is 0 Å². The Kier molecular flexibility index (Phi) is 4.90. The monoisotopic (exact) mass is 237 g/mol. The van der Waals surface area contributed by atoms with Gasteiger partial charge in [-0.1, -0.05) is 6.07 Å². The van der Waals surface area contributed by atoms with Crippen molar-refractivity contribution in [2.45, 2.75) is 6.42 Å². The molecule has 0 saturated carbocycles. The Morgan fingerprint density at radius 1 is 1.24 bits per heavy atom. The van der Waals surface area contributed by atoms with Crippen molar-refractivity contribution in [2.24, 2.45) is 0 Å². The maximum Gasteiger partial charge on any atom is 0.271 e. The second kappa shape index (κ2) is 6.20. The molecule has 0 heterocycles. The highest BCUT2D eigenvalue weighted by Crippen LogP contribution is 2.19. The Balaban J connectivity index is 2.59. The van der Waals surface area contributed by atoms with Crippen LogP contribution in [0.15, 0.2) is 24.3 Å². The van der Waals surface area contributed by atoms with E-state index < -0.39 is 0 Å². The Labute approximate surface area is 102 Å². The smallest absolute Gasteiger partial charge is 0.271 e. The highest BCUT2D eigenvalue weighted by molar-refractivity contribution is 5.52. The van der Waals surface area contributed by atoms with E-state index in [-0.39, 0.29) is 10.6 Å². The predicted octanol–water partition coefficient (Wildman–Crippen LogP) is 1.98. The van der Waals surface area contributed by atoms with Gasteiger partial charge in [-0.05, 0) is 33.1 Å². The summed E-state index contributed by atoms with van der Waals surface area (Å²) >= 11 is 0. The molecule has 1 rings (SSSR count). The molecule has 0 fully saturated rings. The Morgan fingerprint density at radius 3 is 2.53 bits per heavy atom. The van der Waals surface area contributed by atoms with Crippen LogP contribution < -0.4 is 4.90 Å². The van der Waals surface area contributed by atoms with E-state index in [1.54, 1.807) is 12.1 Å². The van der Waals surface area contributed by atoms with Crippen molar-refractivity contribution in [3.63, 3.8) is 0 Å². The van der Waals surface area contributed by atoms with E-state index >= 15 is 0 Å². The van der Waals surface area contributed by atoms with Crippen molar-refractivity contribution in [1.82, 2.24) is 4.90 Å². The highest BCUT2D eigenvalue weighted by atomic mass is 16.6. The first kappa shape index (κ1) is 13.4. The first-order valence-electron chi connectivity index (χ1n) is 5.61. The van der Waals surface area contributed by atoms with E-state index in [0.29, 0.717) is 0 Å². The summed E-state index contributed by atoms with van der Waals surface area (Å²) in [6, 6.07) is 6.73. The number of nitrogens with zero attached hydrogens (tertiary/aromatic N) is 3. The Hall–Kier alpha value is -1.62. The summed E-state index contributed by atoms with van der Waals surface area (Å²) in [5, 5.41) is 10.7. The third-order valence-corrected chi connectivity index (χ3v) is 2.58. The fourth-order valence-electron chi connectivity index (χ4n) is 1.60. The van der Waals surface area contributed by atoms with Crippen LogP contribution in [0.4, 0.5) is 11.4 Å². The van der Waals surface area contributed by atoms with Gasteiger partial charge in [0.1, 0.15) is 0 Å². The third kappa shape index (κ3) is 4.40. The normalized spacial score (nSPS) is 10.6. The lowest BCUT2D eigenvalue weighted by atomic mass is 10.2. The summed E-state index contributed by atoms with van der Waals surface area (Å²) < 4.78 is 0. The van der Waals surface area contributed by atoms with Gasteiger partial charge in [-0.15, -0.1) is 0 Å².